The van der Waals surface area contributed by atoms with E-state index in [1.165, 1.54) is 83.5 Å². The van der Waals surface area contributed by atoms with Crippen LogP contribution in [0.15, 0.2) is 24.6 Å². The van der Waals surface area contributed by atoms with Crippen LogP contribution >= 0.6 is 0 Å². The van der Waals surface area contributed by atoms with Gasteiger partial charge in [-0.1, -0.05) is 89.7 Å². The lowest BCUT2D eigenvalue weighted by Gasteiger charge is -2.28. The average Bonchev–Trinajstić information content (AvgIpc) is 3.07. The number of rotatable bonds is 16. The lowest BCUT2D eigenvalue weighted by molar-refractivity contribution is 0.223. The minimum absolute atomic E-state index is 0.0704. The monoisotopic (exact) mass is 349 g/mol. The average molecular weight is 350 g/mol. The smallest absolute Gasteiger partial charge is 0.103 e. The minimum atomic E-state index is 0.0704. The maximum Gasteiger partial charge on any atom is 0.103 e. The van der Waals surface area contributed by atoms with Crippen molar-refractivity contribution < 1.29 is 0 Å². The second kappa shape index (κ2) is 15.3. The largest absolute Gasteiger partial charge is 0.370 e. The van der Waals surface area contributed by atoms with Crippen LogP contribution in [0, 0.1) is 0 Å². The van der Waals surface area contributed by atoms with Gasteiger partial charge in [-0.2, -0.15) is 0 Å². The normalized spacial score (nSPS) is 18.2. The third-order valence-corrected chi connectivity index (χ3v) is 5.12. The van der Waals surface area contributed by atoms with Crippen molar-refractivity contribution in [2.45, 2.75) is 116 Å². The Morgan fingerprint density at radius 3 is 2.04 bits per heavy atom. The Kier molecular flexibility index (Phi) is 13.5. The number of nitrogens with two attached hydrogens (primary N) is 1. The van der Waals surface area contributed by atoms with Crippen molar-refractivity contribution in [1.82, 2.24) is 10.2 Å². The zero-order chi connectivity index (χ0) is 18.2. The number of allylic oxidation sites excluding steroid dienone is 1. The first-order valence-corrected chi connectivity index (χ1v) is 10.9. The van der Waals surface area contributed by atoms with Crippen LogP contribution in [0.1, 0.15) is 104 Å². The van der Waals surface area contributed by atoms with Gasteiger partial charge in [0, 0.05) is 18.8 Å². The summed E-state index contributed by atoms with van der Waals surface area (Å²) in [7, 11) is 0. The molecule has 3 heteroatoms. The van der Waals surface area contributed by atoms with Crippen LogP contribution in [0.5, 0.6) is 0 Å². The highest BCUT2D eigenvalue weighted by molar-refractivity contribution is 4.99. The molecular weight excluding hydrogens is 306 g/mol. The molecule has 0 spiro atoms. The summed E-state index contributed by atoms with van der Waals surface area (Å²) >= 11 is 0. The second-order valence-electron chi connectivity index (χ2n) is 7.57. The first-order chi connectivity index (χ1) is 12.3. The highest BCUT2D eigenvalue weighted by atomic mass is 15.3. The van der Waals surface area contributed by atoms with Gasteiger partial charge >= 0.3 is 0 Å². The Hall–Kier alpha value is -0.960. The fourth-order valence-electron chi connectivity index (χ4n) is 3.49. The van der Waals surface area contributed by atoms with Gasteiger partial charge in [0.15, 0.2) is 0 Å². The van der Waals surface area contributed by atoms with Crippen molar-refractivity contribution >= 4 is 0 Å². The molecule has 1 aliphatic heterocycles. The summed E-state index contributed by atoms with van der Waals surface area (Å²) in [6.45, 7) is 4.32. The van der Waals surface area contributed by atoms with Crippen molar-refractivity contribution in [2.24, 2.45) is 5.73 Å². The summed E-state index contributed by atoms with van der Waals surface area (Å²) in [5.41, 5.74) is 5.95. The molecule has 0 aliphatic carbocycles. The van der Waals surface area contributed by atoms with E-state index < -0.39 is 0 Å². The first-order valence-electron chi connectivity index (χ1n) is 10.9. The van der Waals surface area contributed by atoms with E-state index in [2.05, 4.69) is 29.3 Å². The van der Waals surface area contributed by atoms with Crippen LogP contribution in [0.4, 0.5) is 0 Å². The standard InChI is InChI=1S/C22H43N3/c1-3-4-5-6-7-8-9-10-11-12-13-14-15-16-17-18-22-24-19-20-25(22)21(2)23/h16-17,19-22,24H,3-15,18,23H2,1-2H3/b17-16+. The molecule has 0 aromatic rings. The lowest BCUT2D eigenvalue weighted by atomic mass is 10.0. The van der Waals surface area contributed by atoms with E-state index in [-0.39, 0.29) is 6.17 Å². The van der Waals surface area contributed by atoms with Gasteiger partial charge < -0.3 is 16.0 Å². The molecule has 0 amide bonds. The van der Waals surface area contributed by atoms with Crippen LogP contribution in [-0.2, 0) is 0 Å². The molecule has 0 saturated heterocycles. The summed E-state index contributed by atoms with van der Waals surface area (Å²) in [6.07, 6.45) is 28.4. The Balaban J connectivity index is 1.83. The number of nitrogens with zero attached hydrogens (tertiary/aromatic N) is 1. The van der Waals surface area contributed by atoms with Crippen LogP contribution in [-0.4, -0.2) is 17.2 Å². The third-order valence-electron chi connectivity index (χ3n) is 5.12. The number of nitrogens with one attached hydrogen (secondary N) is 1. The Labute approximate surface area is 157 Å². The molecule has 0 aromatic carbocycles. The van der Waals surface area contributed by atoms with E-state index in [0.29, 0.717) is 6.17 Å². The summed E-state index contributed by atoms with van der Waals surface area (Å²) < 4.78 is 0. The molecule has 146 valence electrons. The Morgan fingerprint density at radius 2 is 1.48 bits per heavy atom. The number of unbranched alkanes of at least 4 members (excludes halogenated alkanes) is 12. The van der Waals surface area contributed by atoms with E-state index in [1.807, 2.05) is 19.3 Å². The van der Waals surface area contributed by atoms with Crippen LogP contribution in [0.2, 0.25) is 0 Å². The second-order valence-corrected chi connectivity index (χ2v) is 7.57. The van der Waals surface area contributed by atoms with Crippen LogP contribution in [0.25, 0.3) is 0 Å². The van der Waals surface area contributed by atoms with Crippen LogP contribution in [0.3, 0.4) is 0 Å². The zero-order valence-corrected chi connectivity index (χ0v) is 16.9. The highest BCUT2D eigenvalue weighted by Crippen LogP contribution is 2.13. The molecule has 0 fully saturated rings. The first kappa shape index (κ1) is 22.1. The maximum absolute atomic E-state index is 5.95. The molecule has 1 rings (SSSR count). The summed E-state index contributed by atoms with van der Waals surface area (Å²) in [5, 5.41) is 3.35. The van der Waals surface area contributed by atoms with Crippen LogP contribution < -0.4 is 11.1 Å². The van der Waals surface area contributed by atoms with Gasteiger partial charge in [-0.05, 0) is 19.8 Å². The fraction of sp³-hybridized carbons (Fsp3) is 0.818. The van der Waals surface area contributed by atoms with E-state index in [4.69, 9.17) is 5.73 Å². The van der Waals surface area contributed by atoms with Gasteiger partial charge in [0.1, 0.15) is 6.17 Å². The summed E-state index contributed by atoms with van der Waals surface area (Å²) in [6, 6.07) is 0. The predicted molar refractivity (Wildman–Crippen MR) is 111 cm³/mol. The molecule has 0 radical (unpaired) electrons. The van der Waals surface area contributed by atoms with Crippen molar-refractivity contribution in [3.8, 4) is 0 Å². The van der Waals surface area contributed by atoms with E-state index in [9.17, 15) is 0 Å². The van der Waals surface area contributed by atoms with E-state index in [1.54, 1.807) is 0 Å². The molecule has 3 nitrogen and oxygen atoms in total. The van der Waals surface area contributed by atoms with E-state index >= 15 is 0 Å². The van der Waals surface area contributed by atoms with Gasteiger partial charge in [0.2, 0.25) is 0 Å². The van der Waals surface area contributed by atoms with Gasteiger partial charge in [0.25, 0.3) is 0 Å². The summed E-state index contributed by atoms with van der Waals surface area (Å²) in [5.74, 6) is 0. The van der Waals surface area contributed by atoms with Gasteiger partial charge in [-0.3, -0.25) is 0 Å². The highest BCUT2D eigenvalue weighted by Gasteiger charge is 2.19. The van der Waals surface area contributed by atoms with Crippen molar-refractivity contribution in [3.63, 3.8) is 0 Å². The number of hydrogen-bond acceptors (Lipinski definition) is 3. The quantitative estimate of drug-likeness (QED) is 0.264. The molecule has 0 aromatic heterocycles. The SMILES string of the molecule is CCCCCCCCCCCCCC/C=C/CC1NC=CN1C(C)N. The molecule has 0 bridgehead atoms. The molecular formula is C22H43N3. The third kappa shape index (κ3) is 11.3. The zero-order valence-electron chi connectivity index (χ0n) is 16.9. The molecule has 2 atom stereocenters. The molecule has 1 heterocycles. The molecule has 3 N–H and O–H groups in total. The van der Waals surface area contributed by atoms with Gasteiger partial charge in [-0.15, -0.1) is 0 Å². The number of hydrogen-bond donors (Lipinski definition) is 2. The molecule has 0 saturated carbocycles. The van der Waals surface area contributed by atoms with Gasteiger partial charge in [0.05, 0.1) is 6.17 Å². The molecule has 25 heavy (non-hydrogen) atoms. The topological polar surface area (TPSA) is 41.3 Å². The van der Waals surface area contributed by atoms with Crippen molar-refractivity contribution in [3.05, 3.63) is 24.6 Å². The van der Waals surface area contributed by atoms with Gasteiger partial charge in [-0.25, -0.2) is 0 Å². The molecule has 1 aliphatic rings. The maximum atomic E-state index is 5.95. The predicted octanol–water partition coefficient (Wildman–Crippen LogP) is 6.03. The van der Waals surface area contributed by atoms with E-state index in [0.717, 1.165) is 6.42 Å². The Morgan fingerprint density at radius 1 is 0.920 bits per heavy atom. The fourth-order valence-corrected chi connectivity index (χ4v) is 3.49. The van der Waals surface area contributed by atoms with Crippen molar-refractivity contribution in [2.75, 3.05) is 0 Å². The van der Waals surface area contributed by atoms with Crippen molar-refractivity contribution in [1.29, 1.82) is 0 Å². The lowest BCUT2D eigenvalue weighted by Crippen LogP contribution is -2.44. The minimum Gasteiger partial charge on any atom is -0.370 e. The Bertz CT molecular complexity index is 349. The summed E-state index contributed by atoms with van der Waals surface area (Å²) in [4.78, 5) is 2.17. The molecule has 2 unspecified atom stereocenters.